The summed E-state index contributed by atoms with van der Waals surface area (Å²) in [6.45, 7) is 1.83. The van der Waals surface area contributed by atoms with Crippen LogP contribution < -0.4 is 15.5 Å². The largest absolute Gasteiger partial charge is 0.378 e. The van der Waals surface area contributed by atoms with Crippen molar-refractivity contribution in [1.82, 2.24) is 4.98 Å². The molecule has 5 nitrogen and oxygen atoms in total. The molecule has 0 fully saturated rings. The average Bonchev–Trinajstić information content (AvgIpc) is 2.80. The van der Waals surface area contributed by atoms with E-state index in [1.54, 1.807) is 7.05 Å². The molecule has 6 heteroatoms. The molecule has 0 bridgehead atoms. The van der Waals surface area contributed by atoms with Gasteiger partial charge in [0, 0.05) is 32.5 Å². The van der Waals surface area contributed by atoms with Crippen molar-refractivity contribution in [2.45, 2.75) is 6.92 Å². The number of rotatable bonds is 4. The van der Waals surface area contributed by atoms with Crippen LogP contribution >= 0.6 is 11.3 Å². The van der Waals surface area contributed by atoms with E-state index >= 15 is 0 Å². The highest BCUT2D eigenvalue weighted by molar-refractivity contribution is 7.17. The van der Waals surface area contributed by atoms with Crippen LogP contribution in [0.2, 0.25) is 0 Å². The van der Waals surface area contributed by atoms with Crippen molar-refractivity contribution in [3.8, 4) is 0 Å². The molecule has 20 heavy (non-hydrogen) atoms. The fourth-order valence-electron chi connectivity index (χ4n) is 1.74. The maximum atomic E-state index is 12.2. The molecule has 2 rings (SSSR count). The van der Waals surface area contributed by atoms with Crippen LogP contribution in [0.5, 0.6) is 0 Å². The third-order valence-corrected chi connectivity index (χ3v) is 4.03. The lowest BCUT2D eigenvalue weighted by Crippen LogP contribution is -2.12. The van der Waals surface area contributed by atoms with Gasteiger partial charge in [-0.3, -0.25) is 4.79 Å². The van der Waals surface area contributed by atoms with E-state index in [-0.39, 0.29) is 5.91 Å². The molecule has 106 valence electrons. The van der Waals surface area contributed by atoms with Crippen LogP contribution in [0.3, 0.4) is 0 Å². The zero-order valence-electron chi connectivity index (χ0n) is 12.0. The molecule has 0 unspecified atom stereocenters. The number of benzene rings is 1. The first-order valence-corrected chi connectivity index (χ1v) is 7.07. The Morgan fingerprint density at radius 1 is 1.25 bits per heavy atom. The van der Waals surface area contributed by atoms with Gasteiger partial charge < -0.3 is 15.5 Å². The number of thiazole rings is 1. The molecule has 0 radical (unpaired) electrons. The zero-order chi connectivity index (χ0) is 14.7. The second-order valence-corrected chi connectivity index (χ2v) is 5.58. The lowest BCUT2D eigenvalue weighted by Gasteiger charge is -2.12. The summed E-state index contributed by atoms with van der Waals surface area (Å²) in [7, 11) is 5.75. The van der Waals surface area contributed by atoms with Gasteiger partial charge in [0.2, 0.25) is 0 Å². The van der Waals surface area contributed by atoms with Gasteiger partial charge in [-0.15, -0.1) is 0 Å². The summed E-state index contributed by atoms with van der Waals surface area (Å²) in [5.74, 6) is -0.126. The van der Waals surface area contributed by atoms with E-state index in [9.17, 15) is 4.79 Å². The first kappa shape index (κ1) is 14.3. The predicted octanol–water partition coefficient (Wildman–Crippen LogP) is 2.81. The van der Waals surface area contributed by atoms with Gasteiger partial charge in [-0.05, 0) is 31.2 Å². The summed E-state index contributed by atoms with van der Waals surface area (Å²) < 4.78 is 0. The van der Waals surface area contributed by atoms with Gasteiger partial charge in [0.25, 0.3) is 5.91 Å². The second-order valence-electron chi connectivity index (χ2n) is 4.58. The fourth-order valence-corrected chi connectivity index (χ4v) is 2.56. The number of hydrogen-bond donors (Lipinski definition) is 2. The van der Waals surface area contributed by atoms with E-state index in [0.717, 1.165) is 22.2 Å². The molecular formula is C14H18N4OS. The summed E-state index contributed by atoms with van der Waals surface area (Å²) in [6, 6.07) is 7.72. The van der Waals surface area contributed by atoms with Crippen molar-refractivity contribution in [2.24, 2.45) is 0 Å². The Kier molecular flexibility index (Phi) is 4.24. The SMILES string of the molecule is CNc1nc(C)c(C(=O)Nc2ccc(N(C)C)cc2)s1. The lowest BCUT2D eigenvalue weighted by atomic mass is 10.2. The van der Waals surface area contributed by atoms with Crippen LogP contribution in [0.15, 0.2) is 24.3 Å². The van der Waals surface area contributed by atoms with E-state index in [1.165, 1.54) is 11.3 Å². The van der Waals surface area contributed by atoms with Crippen LogP contribution in [-0.4, -0.2) is 32.0 Å². The number of anilines is 3. The number of hydrogen-bond acceptors (Lipinski definition) is 5. The molecule has 0 aliphatic rings. The number of nitrogens with one attached hydrogen (secondary N) is 2. The quantitative estimate of drug-likeness (QED) is 0.909. The minimum atomic E-state index is -0.126. The van der Waals surface area contributed by atoms with Crippen molar-refractivity contribution in [2.75, 3.05) is 36.7 Å². The Hall–Kier alpha value is -2.08. The molecule has 1 heterocycles. The monoisotopic (exact) mass is 290 g/mol. The predicted molar refractivity (Wildman–Crippen MR) is 85.1 cm³/mol. The Labute approximate surface area is 122 Å². The van der Waals surface area contributed by atoms with Gasteiger partial charge in [-0.25, -0.2) is 4.98 Å². The summed E-state index contributed by atoms with van der Waals surface area (Å²) in [6.07, 6.45) is 0. The van der Waals surface area contributed by atoms with Gasteiger partial charge in [0.15, 0.2) is 5.13 Å². The third kappa shape index (κ3) is 3.08. The topological polar surface area (TPSA) is 57.3 Å². The molecule has 0 saturated carbocycles. The molecule has 1 aromatic heterocycles. The molecule has 0 atom stereocenters. The fraction of sp³-hybridized carbons (Fsp3) is 0.286. The maximum absolute atomic E-state index is 12.2. The van der Waals surface area contributed by atoms with Crippen LogP contribution in [0.1, 0.15) is 15.4 Å². The van der Waals surface area contributed by atoms with Gasteiger partial charge in [0.1, 0.15) is 4.88 Å². The molecule has 0 aliphatic carbocycles. The van der Waals surface area contributed by atoms with Crippen LogP contribution in [0.4, 0.5) is 16.5 Å². The molecule has 0 spiro atoms. The van der Waals surface area contributed by atoms with Crippen LogP contribution in [0.25, 0.3) is 0 Å². The molecule has 0 aliphatic heterocycles. The first-order valence-electron chi connectivity index (χ1n) is 6.25. The first-order chi connectivity index (χ1) is 9.51. The molecule has 1 aromatic carbocycles. The van der Waals surface area contributed by atoms with Crippen molar-refractivity contribution in [1.29, 1.82) is 0 Å². The maximum Gasteiger partial charge on any atom is 0.267 e. The standard InChI is InChI=1S/C14H18N4OS/c1-9-12(20-14(15-2)16-9)13(19)17-10-5-7-11(8-6-10)18(3)4/h5-8H,1-4H3,(H,15,16)(H,17,19). The van der Waals surface area contributed by atoms with Crippen LogP contribution in [0, 0.1) is 6.92 Å². The van der Waals surface area contributed by atoms with Gasteiger partial charge in [-0.1, -0.05) is 11.3 Å². The minimum absolute atomic E-state index is 0.126. The Bertz CT molecular complexity index is 604. The average molecular weight is 290 g/mol. The summed E-state index contributed by atoms with van der Waals surface area (Å²) >= 11 is 1.35. The Morgan fingerprint density at radius 3 is 2.40 bits per heavy atom. The summed E-state index contributed by atoms with van der Waals surface area (Å²) in [4.78, 5) is 19.1. The number of carbonyl (C=O) groups is 1. The van der Waals surface area contributed by atoms with Crippen molar-refractivity contribution < 1.29 is 4.79 Å². The molecule has 0 saturated heterocycles. The highest BCUT2D eigenvalue weighted by Gasteiger charge is 2.14. The summed E-state index contributed by atoms with van der Waals surface area (Å²) in [5.41, 5.74) is 2.61. The van der Waals surface area contributed by atoms with Crippen molar-refractivity contribution in [3.05, 3.63) is 34.8 Å². The number of amides is 1. The lowest BCUT2D eigenvalue weighted by molar-refractivity contribution is 0.103. The van der Waals surface area contributed by atoms with E-state index in [2.05, 4.69) is 15.6 Å². The van der Waals surface area contributed by atoms with E-state index in [0.29, 0.717) is 4.88 Å². The molecule has 1 amide bonds. The van der Waals surface area contributed by atoms with E-state index in [4.69, 9.17) is 0 Å². The minimum Gasteiger partial charge on any atom is -0.378 e. The molecule has 2 aromatic rings. The molecule has 2 N–H and O–H groups in total. The third-order valence-electron chi connectivity index (χ3n) is 2.86. The van der Waals surface area contributed by atoms with Crippen molar-refractivity contribution >= 4 is 33.8 Å². The zero-order valence-corrected chi connectivity index (χ0v) is 12.8. The van der Waals surface area contributed by atoms with Crippen molar-refractivity contribution in [3.63, 3.8) is 0 Å². The summed E-state index contributed by atoms with van der Waals surface area (Å²) in [5, 5.41) is 6.58. The van der Waals surface area contributed by atoms with Crippen LogP contribution in [-0.2, 0) is 0 Å². The second kappa shape index (κ2) is 5.92. The van der Waals surface area contributed by atoms with E-state index in [1.807, 2.05) is 50.2 Å². The number of nitrogens with zero attached hydrogens (tertiary/aromatic N) is 2. The number of aromatic nitrogens is 1. The van der Waals surface area contributed by atoms with Gasteiger partial charge in [-0.2, -0.15) is 0 Å². The Morgan fingerprint density at radius 2 is 1.90 bits per heavy atom. The van der Waals surface area contributed by atoms with Gasteiger partial charge in [0.05, 0.1) is 5.69 Å². The number of aryl methyl sites for hydroxylation is 1. The Balaban J connectivity index is 2.12. The highest BCUT2D eigenvalue weighted by atomic mass is 32.1. The smallest absolute Gasteiger partial charge is 0.267 e. The highest BCUT2D eigenvalue weighted by Crippen LogP contribution is 2.23. The molecular weight excluding hydrogens is 272 g/mol. The normalized spacial score (nSPS) is 10.2. The number of carbonyl (C=O) groups excluding carboxylic acids is 1. The van der Waals surface area contributed by atoms with E-state index < -0.39 is 0 Å². The van der Waals surface area contributed by atoms with Gasteiger partial charge >= 0.3 is 0 Å².